The van der Waals surface area contributed by atoms with Gasteiger partial charge in [-0.25, -0.2) is 8.42 Å². The Bertz CT molecular complexity index is 1540. The van der Waals surface area contributed by atoms with E-state index >= 15 is 0 Å². The van der Waals surface area contributed by atoms with Gasteiger partial charge in [-0.3, -0.25) is 4.79 Å². The highest BCUT2D eigenvalue weighted by Crippen LogP contribution is 2.28. The number of carbonyl (C=O) groups excluding carboxylic acids is 1. The molecule has 2 heterocycles. The largest absolute Gasteiger partial charge is 0.497 e. The van der Waals surface area contributed by atoms with Crippen LogP contribution in [0.4, 0.5) is 0 Å². The summed E-state index contributed by atoms with van der Waals surface area (Å²) in [5.41, 5.74) is 1.04. The van der Waals surface area contributed by atoms with E-state index in [2.05, 4.69) is 29.3 Å². The summed E-state index contributed by atoms with van der Waals surface area (Å²) in [7, 11) is -0.147. The lowest BCUT2D eigenvalue weighted by atomic mass is 9.98. The van der Waals surface area contributed by atoms with Crippen molar-refractivity contribution in [2.24, 2.45) is 18.0 Å². The first-order valence-electron chi connectivity index (χ1n) is 11.1. The molecule has 5 rings (SSSR count). The Kier molecular flexibility index (Phi) is 6.01. The number of fused-ring (bicyclic) bond motifs is 3. The summed E-state index contributed by atoms with van der Waals surface area (Å²) in [6.07, 6.45) is 0.907. The maximum Gasteiger partial charge on any atom is 0.251 e. The molecular formula is C25H25N3O4S2. The van der Waals surface area contributed by atoms with Crippen LogP contribution in [0.2, 0.25) is 0 Å². The van der Waals surface area contributed by atoms with Crippen LogP contribution in [0.3, 0.4) is 0 Å². The number of nitrogens with zero attached hydrogens (tertiary/aromatic N) is 3. The molecule has 4 aromatic rings. The van der Waals surface area contributed by atoms with Crippen molar-refractivity contribution in [2.45, 2.75) is 17.7 Å². The van der Waals surface area contributed by atoms with E-state index in [1.54, 1.807) is 24.3 Å². The molecule has 0 bridgehead atoms. The number of benzene rings is 3. The standard InChI is InChI=1S/C25H25N3O4S2/c1-27-22-12-7-17-5-3-4-6-21(17)23(22)33-25(27)26-24(29)18-13-15-28(16-14-18)34(30,31)20-10-8-19(32-2)9-11-20/h3-12,18H,13-16H2,1-2H3. The summed E-state index contributed by atoms with van der Waals surface area (Å²) >= 11 is 1.51. The zero-order chi connectivity index (χ0) is 23.9. The van der Waals surface area contributed by atoms with Gasteiger partial charge in [0.2, 0.25) is 10.0 Å². The van der Waals surface area contributed by atoms with Crippen molar-refractivity contribution in [1.29, 1.82) is 0 Å². The second kappa shape index (κ2) is 8.98. The Morgan fingerprint density at radius 1 is 1.03 bits per heavy atom. The first-order valence-corrected chi connectivity index (χ1v) is 13.3. The zero-order valence-corrected chi connectivity index (χ0v) is 20.6. The number of aromatic nitrogens is 1. The van der Waals surface area contributed by atoms with Gasteiger partial charge in [0.15, 0.2) is 4.80 Å². The normalized spacial score (nSPS) is 16.4. The molecule has 1 aliphatic heterocycles. The lowest BCUT2D eigenvalue weighted by Crippen LogP contribution is -2.40. The van der Waals surface area contributed by atoms with Gasteiger partial charge in [-0.05, 0) is 48.6 Å². The Hall–Kier alpha value is -3.01. The molecule has 1 aromatic heterocycles. The van der Waals surface area contributed by atoms with E-state index in [4.69, 9.17) is 4.74 Å². The molecule has 7 nitrogen and oxygen atoms in total. The molecule has 0 saturated carbocycles. The van der Waals surface area contributed by atoms with Crippen LogP contribution in [0.1, 0.15) is 12.8 Å². The second-order valence-corrected chi connectivity index (χ2v) is 11.3. The van der Waals surface area contributed by atoms with Gasteiger partial charge in [-0.2, -0.15) is 9.30 Å². The quantitative estimate of drug-likeness (QED) is 0.430. The van der Waals surface area contributed by atoms with E-state index in [0.717, 1.165) is 21.0 Å². The maximum atomic E-state index is 13.0. The van der Waals surface area contributed by atoms with Crippen molar-refractivity contribution in [1.82, 2.24) is 8.87 Å². The van der Waals surface area contributed by atoms with E-state index < -0.39 is 10.0 Å². The third-order valence-corrected chi connectivity index (χ3v) is 9.50. The average Bonchev–Trinajstić information content (AvgIpc) is 3.19. The predicted octanol–water partition coefficient (Wildman–Crippen LogP) is 3.93. The van der Waals surface area contributed by atoms with Crippen LogP contribution in [0.5, 0.6) is 5.75 Å². The fourth-order valence-corrected chi connectivity index (χ4v) is 7.02. The molecule has 0 aliphatic carbocycles. The Labute approximate surface area is 202 Å². The number of methoxy groups -OCH3 is 1. The summed E-state index contributed by atoms with van der Waals surface area (Å²) < 4.78 is 35.6. The zero-order valence-electron chi connectivity index (χ0n) is 19.0. The number of piperidine rings is 1. The summed E-state index contributed by atoms with van der Waals surface area (Å²) in [6, 6.07) is 18.7. The van der Waals surface area contributed by atoms with Crippen molar-refractivity contribution in [3.63, 3.8) is 0 Å². The number of hydrogen-bond donors (Lipinski definition) is 0. The van der Waals surface area contributed by atoms with Gasteiger partial charge in [-0.1, -0.05) is 41.7 Å². The molecule has 1 aliphatic rings. The van der Waals surface area contributed by atoms with Crippen LogP contribution in [0.15, 0.2) is 70.6 Å². The van der Waals surface area contributed by atoms with Gasteiger partial charge < -0.3 is 9.30 Å². The van der Waals surface area contributed by atoms with Gasteiger partial charge >= 0.3 is 0 Å². The van der Waals surface area contributed by atoms with Crippen LogP contribution in [0.25, 0.3) is 21.0 Å². The van der Waals surface area contributed by atoms with Gasteiger partial charge in [-0.15, -0.1) is 0 Å². The minimum atomic E-state index is -3.61. The molecule has 0 atom stereocenters. The van der Waals surface area contributed by atoms with Crippen molar-refractivity contribution < 1.29 is 17.9 Å². The van der Waals surface area contributed by atoms with Crippen molar-refractivity contribution in [3.8, 4) is 5.75 Å². The lowest BCUT2D eigenvalue weighted by Gasteiger charge is -2.29. The molecule has 0 radical (unpaired) electrons. The molecule has 0 unspecified atom stereocenters. The number of rotatable bonds is 4. The third-order valence-electron chi connectivity index (χ3n) is 6.41. The Balaban J connectivity index is 1.34. The van der Waals surface area contributed by atoms with E-state index in [0.29, 0.717) is 36.5 Å². The van der Waals surface area contributed by atoms with E-state index in [1.165, 1.54) is 22.8 Å². The maximum absolute atomic E-state index is 13.0. The number of carbonyl (C=O) groups is 1. The molecule has 1 amide bonds. The number of hydrogen-bond acceptors (Lipinski definition) is 5. The number of amides is 1. The van der Waals surface area contributed by atoms with Crippen LogP contribution in [-0.4, -0.2) is 43.4 Å². The fraction of sp³-hybridized carbons (Fsp3) is 0.280. The molecule has 1 fully saturated rings. The highest BCUT2D eigenvalue weighted by Gasteiger charge is 2.32. The van der Waals surface area contributed by atoms with Gasteiger partial charge in [0.25, 0.3) is 5.91 Å². The van der Waals surface area contributed by atoms with Crippen molar-refractivity contribution >= 4 is 48.3 Å². The summed E-state index contributed by atoms with van der Waals surface area (Å²) in [4.78, 5) is 18.3. The summed E-state index contributed by atoms with van der Waals surface area (Å²) in [5, 5.41) is 2.30. The molecule has 9 heteroatoms. The number of aryl methyl sites for hydroxylation is 1. The molecule has 0 spiro atoms. The summed E-state index contributed by atoms with van der Waals surface area (Å²) in [6.45, 7) is 0.590. The SMILES string of the molecule is COc1ccc(S(=O)(=O)N2CCC(C(=O)N=c3sc4c5ccccc5ccc4n3C)CC2)cc1. The smallest absolute Gasteiger partial charge is 0.251 e. The second-order valence-electron chi connectivity index (χ2n) is 8.38. The van der Waals surface area contributed by atoms with Crippen LogP contribution in [-0.2, 0) is 21.9 Å². The fourth-order valence-electron chi connectivity index (χ4n) is 4.39. The van der Waals surface area contributed by atoms with E-state index in [1.807, 2.05) is 23.7 Å². The molecule has 176 valence electrons. The first kappa shape index (κ1) is 22.8. The van der Waals surface area contributed by atoms with E-state index in [9.17, 15) is 13.2 Å². The minimum Gasteiger partial charge on any atom is -0.497 e. The Morgan fingerprint density at radius 2 is 1.74 bits per heavy atom. The first-order chi connectivity index (χ1) is 16.4. The number of sulfonamides is 1. The minimum absolute atomic E-state index is 0.187. The monoisotopic (exact) mass is 495 g/mol. The van der Waals surface area contributed by atoms with Crippen molar-refractivity contribution in [2.75, 3.05) is 20.2 Å². The molecule has 0 N–H and O–H groups in total. The molecular weight excluding hydrogens is 470 g/mol. The molecule has 1 saturated heterocycles. The number of thiazole rings is 1. The lowest BCUT2D eigenvalue weighted by molar-refractivity contribution is -0.122. The van der Waals surface area contributed by atoms with Gasteiger partial charge in [0, 0.05) is 31.4 Å². The van der Waals surface area contributed by atoms with Gasteiger partial charge in [0.05, 0.1) is 22.2 Å². The predicted molar refractivity (Wildman–Crippen MR) is 133 cm³/mol. The van der Waals surface area contributed by atoms with Gasteiger partial charge in [0.1, 0.15) is 5.75 Å². The van der Waals surface area contributed by atoms with Crippen molar-refractivity contribution in [3.05, 3.63) is 65.5 Å². The van der Waals surface area contributed by atoms with Crippen LogP contribution < -0.4 is 9.54 Å². The Morgan fingerprint density at radius 3 is 2.44 bits per heavy atom. The summed E-state index contributed by atoms with van der Waals surface area (Å²) in [5.74, 6) is 0.129. The van der Waals surface area contributed by atoms with Crippen LogP contribution in [0, 0.1) is 5.92 Å². The average molecular weight is 496 g/mol. The molecule has 3 aromatic carbocycles. The van der Waals surface area contributed by atoms with Crippen LogP contribution >= 0.6 is 11.3 Å². The third kappa shape index (κ3) is 4.04. The van der Waals surface area contributed by atoms with E-state index in [-0.39, 0.29) is 16.7 Å². The topological polar surface area (TPSA) is 81.0 Å². The number of ether oxygens (including phenoxy) is 1. The highest BCUT2D eigenvalue weighted by molar-refractivity contribution is 7.89. The highest BCUT2D eigenvalue weighted by atomic mass is 32.2. The molecule has 34 heavy (non-hydrogen) atoms.